The zero-order valence-electron chi connectivity index (χ0n) is 9.03. The summed E-state index contributed by atoms with van der Waals surface area (Å²) < 4.78 is 2.89. The molecule has 0 bridgehead atoms. The van der Waals surface area contributed by atoms with Gasteiger partial charge in [-0.1, -0.05) is 88.3 Å². The molecule has 1 aromatic rings. The first-order chi connectivity index (χ1) is 8.68. The monoisotopic (exact) mass is 396 g/mol. The molecule has 0 aliphatic rings. The van der Waals surface area contributed by atoms with Crippen LogP contribution in [-0.4, -0.2) is 9.32 Å². The summed E-state index contributed by atoms with van der Waals surface area (Å²) in [7, 11) is 0. The van der Waals surface area contributed by atoms with E-state index < -0.39 is 15.6 Å². The number of hydrogen-bond donors (Lipinski definition) is 0. The topological polar surface area (TPSA) is 26.3 Å². The highest BCUT2D eigenvalue weighted by Crippen LogP contribution is 2.54. The van der Waals surface area contributed by atoms with Crippen LogP contribution in [0.15, 0.2) is 41.1 Å². The number of rotatable bonds is 4. The molecule has 104 valence electrons. The van der Waals surface area contributed by atoms with Gasteiger partial charge in [-0.25, -0.2) is 0 Å². The predicted molar refractivity (Wildman–Crippen MR) is 86.5 cm³/mol. The Morgan fingerprint density at radius 1 is 1.21 bits per heavy atom. The number of hydrogen-bond acceptors (Lipinski definition) is 3. The van der Waals surface area contributed by atoms with Crippen molar-refractivity contribution >= 4 is 86.9 Å². The van der Waals surface area contributed by atoms with Crippen molar-refractivity contribution in [3.05, 3.63) is 41.1 Å². The maximum absolute atomic E-state index is 12.2. The fraction of sp³-hybridized carbons (Fsp3) is 0.100. The Bertz CT molecular complexity index is 537. The summed E-state index contributed by atoms with van der Waals surface area (Å²) in [5.41, 5.74) is -0.822. The van der Waals surface area contributed by atoms with E-state index in [1.54, 1.807) is 30.3 Å². The van der Waals surface area contributed by atoms with E-state index in [1.165, 1.54) is 0 Å². The van der Waals surface area contributed by atoms with Gasteiger partial charge in [-0.3, -0.25) is 4.79 Å². The first-order valence-electron chi connectivity index (χ1n) is 4.65. The molecule has 0 radical (unpaired) electrons. The second-order valence-corrected chi connectivity index (χ2v) is 10.3. The number of benzene rings is 1. The Balaban J connectivity index is 3.31. The van der Waals surface area contributed by atoms with Crippen molar-refractivity contribution in [1.82, 2.24) is 0 Å². The molecule has 1 rings (SSSR count). The van der Waals surface area contributed by atoms with Crippen molar-refractivity contribution in [3.63, 3.8) is 0 Å². The predicted octanol–water partition coefficient (Wildman–Crippen LogP) is 4.90. The van der Waals surface area contributed by atoms with E-state index in [4.69, 9.17) is 74.3 Å². The lowest BCUT2D eigenvalue weighted by atomic mass is 10.4. The zero-order valence-corrected chi connectivity index (χ0v) is 14.5. The maximum Gasteiger partial charge on any atom is 0.257 e. The van der Waals surface area contributed by atoms with Crippen molar-refractivity contribution in [2.45, 2.75) is 3.79 Å². The highest BCUT2D eigenvalue weighted by Gasteiger charge is 2.44. The van der Waals surface area contributed by atoms with Gasteiger partial charge >= 0.3 is 0 Å². The van der Waals surface area contributed by atoms with E-state index in [0.717, 1.165) is 6.26 Å². The van der Waals surface area contributed by atoms with E-state index in [-0.39, 0.29) is 4.49 Å². The molecule has 0 amide bonds. The minimum Gasteiger partial charge on any atom is -0.460 e. The molecule has 0 aromatic heterocycles. The van der Waals surface area contributed by atoms with Gasteiger partial charge in [-0.15, -0.1) is 0 Å². The molecule has 1 aromatic carbocycles. The van der Waals surface area contributed by atoms with Gasteiger partial charge in [0.2, 0.25) is 6.26 Å². The number of halogens is 5. The molecular weight excluding hydrogens is 392 g/mol. The van der Waals surface area contributed by atoms with Crippen molar-refractivity contribution < 1.29 is 9.32 Å². The molecule has 1 unspecified atom stereocenters. The van der Waals surface area contributed by atoms with Crippen LogP contribution in [0.3, 0.4) is 0 Å². The standard InChI is InChI=1S/C10H6Cl5O2PS/c11-8(12)6-17-18(19,9(16)10(13,14)15)7-4-2-1-3-5-7/h1-6H. The molecule has 0 saturated carbocycles. The minimum atomic E-state index is -3.28. The summed E-state index contributed by atoms with van der Waals surface area (Å²) >= 11 is 33.0. The first kappa shape index (κ1) is 17.6. The van der Waals surface area contributed by atoms with Gasteiger partial charge in [0.15, 0.2) is 0 Å². The Morgan fingerprint density at radius 3 is 2.16 bits per heavy atom. The molecule has 2 nitrogen and oxygen atoms in total. The molecule has 0 fully saturated rings. The van der Waals surface area contributed by atoms with E-state index in [0.29, 0.717) is 5.30 Å². The highest BCUT2D eigenvalue weighted by molar-refractivity contribution is 8.24. The molecule has 0 heterocycles. The van der Waals surface area contributed by atoms with Crippen LogP contribution in [0.5, 0.6) is 0 Å². The van der Waals surface area contributed by atoms with Crippen LogP contribution in [0.25, 0.3) is 0 Å². The maximum atomic E-state index is 12.2. The van der Waals surface area contributed by atoms with Gasteiger partial charge in [-0.2, -0.15) is 0 Å². The number of alkyl halides is 3. The average molecular weight is 398 g/mol. The number of carbonyl (C=O) groups excluding carboxylic acids is 1. The molecule has 0 spiro atoms. The summed E-state index contributed by atoms with van der Waals surface area (Å²) in [6, 6.07) is 8.37. The lowest BCUT2D eigenvalue weighted by Gasteiger charge is -2.23. The Labute approximate surface area is 140 Å². The second-order valence-electron chi connectivity index (χ2n) is 3.20. The summed E-state index contributed by atoms with van der Waals surface area (Å²) in [5, 5.41) is 0.437. The third kappa shape index (κ3) is 4.78. The van der Waals surface area contributed by atoms with Crippen molar-refractivity contribution in [2.24, 2.45) is 0 Å². The Morgan fingerprint density at radius 2 is 1.74 bits per heavy atom. The van der Waals surface area contributed by atoms with Crippen LogP contribution in [-0.2, 0) is 21.1 Å². The smallest absolute Gasteiger partial charge is 0.257 e. The highest BCUT2D eigenvalue weighted by atomic mass is 35.6. The molecule has 0 saturated heterocycles. The zero-order chi connectivity index (χ0) is 14.7. The van der Waals surface area contributed by atoms with E-state index >= 15 is 0 Å². The first-order valence-corrected chi connectivity index (χ1v) is 9.26. The minimum absolute atomic E-state index is 0.192. The van der Waals surface area contributed by atoms with Gasteiger partial charge in [-0.05, 0) is 11.8 Å². The fourth-order valence-electron chi connectivity index (χ4n) is 1.13. The normalized spacial score (nSPS) is 14.4. The fourth-order valence-corrected chi connectivity index (χ4v) is 5.38. The third-order valence-electron chi connectivity index (χ3n) is 1.90. The van der Waals surface area contributed by atoms with Gasteiger partial charge in [0.05, 0.1) is 0 Å². The van der Waals surface area contributed by atoms with E-state index in [2.05, 4.69) is 0 Å². The lowest BCUT2D eigenvalue weighted by Crippen LogP contribution is -2.24. The third-order valence-corrected chi connectivity index (χ3v) is 6.62. The molecule has 19 heavy (non-hydrogen) atoms. The summed E-state index contributed by atoms with van der Waals surface area (Å²) in [6.45, 7) is 0. The van der Waals surface area contributed by atoms with Crippen LogP contribution in [0.4, 0.5) is 0 Å². The molecule has 9 heteroatoms. The second kappa shape index (κ2) is 7.00. The molecule has 0 N–H and O–H groups in total. The van der Waals surface area contributed by atoms with Crippen LogP contribution in [0.1, 0.15) is 0 Å². The Hall–Kier alpha value is 0.530. The Kier molecular flexibility index (Phi) is 6.47. The van der Waals surface area contributed by atoms with Crippen LogP contribution in [0, 0.1) is 0 Å². The van der Waals surface area contributed by atoms with E-state index in [1.807, 2.05) is 0 Å². The van der Waals surface area contributed by atoms with Crippen LogP contribution >= 0.6 is 64.3 Å². The van der Waals surface area contributed by atoms with Crippen LogP contribution in [0.2, 0.25) is 0 Å². The SMILES string of the molecule is O=C(C(Cl)(Cl)Cl)P(=S)(OC=C(Cl)Cl)c1ccccc1. The average Bonchev–Trinajstić information content (AvgIpc) is 2.35. The lowest BCUT2D eigenvalue weighted by molar-refractivity contribution is -0.111. The van der Waals surface area contributed by atoms with Crippen LogP contribution < -0.4 is 5.30 Å². The van der Waals surface area contributed by atoms with E-state index in [9.17, 15) is 4.79 Å². The molecule has 0 aliphatic heterocycles. The van der Waals surface area contributed by atoms with Crippen molar-refractivity contribution in [2.75, 3.05) is 0 Å². The van der Waals surface area contributed by atoms with Gasteiger partial charge < -0.3 is 4.52 Å². The summed E-state index contributed by atoms with van der Waals surface area (Å²) in [4.78, 5) is 12.2. The molecule has 1 atom stereocenters. The molecule has 0 aliphatic carbocycles. The quantitative estimate of drug-likeness (QED) is 0.410. The van der Waals surface area contributed by atoms with Gasteiger partial charge in [0.25, 0.3) is 9.32 Å². The summed E-state index contributed by atoms with van der Waals surface area (Å²) in [6.07, 6.45) is -2.32. The number of carbonyl (C=O) groups is 1. The van der Waals surface area contributed by atoms with Crippen molar-refractivity contribution in [1.29, 1.82) is 0 Å². The van der Waals surface area contributed by atoms with Gasteiger partial charge in [0.1, 0.15) is 10.8 Å². The molecular formula is C10H6Cl5O2PS. The van der Waals surface area contributed by atoms with Crippen molar-refractivity contribution in [3.8, 4) is 0 Å². The summed E-state index contributed by atoms with van der Waals surface area (Å²) in [5.74, 6) is 0. The largest absolute Gasteiger partial charge is 0.460 e. The van der Waals surface area contributed by atoms with Gasteiger partial charge in [0, 0.05) is 5.30 Å².